The summed E-state index contributed by atoms with van der Waals surface area (Å²) in [6, 6.07) is 15.2. The molecule has 0 radical (unpaired) electrons. The maximum absolute atomic E-state index is 13.9. The number of thiocarbonyl (C=S) groups is 1. The van der Waals surface area contributed by atoms with Crippen LogP contribution in [0, 0.1) is 12.7 Å². The van der Waals surface area contributed by atoms with Gasteiger partial charge in [0.15, 0.2) is 10.9 Å². The van der Waals surface area contributed by atoms with Gasteiger partial charge in [-0.15, -0.1) is 0 Å². The topological polar surface area (TPSA) is 68.2 Å². The lowest BCUT2D eigenvalue weighted by Gasteiger charge is -2.09. The van der Waals surface area contributed by atoms with Crippen LogP contribution in [0.3, 0.4) is 0 Å². The van der Waals surface area contributed by atoms with Crippen molar-refractivity contribution in [3.8, 4) is 0 Å². The molecule has 0 unspecified atom stereocenters. The van der Waals surface area contributed by atoms with E-state index in [0.29, 0.717) is 35.2 Å². The molecule has 0 fully saturated rings. The SMILES string of the molecule is CCOC(=O)c1ccc(NC(=S)Nc2cc(C)n(Cc3ccccc3F)n2)cc1. The molecule has 6 nitrogen and oxygen atoms in total. The fraction of sp³-hybridized carbons (Fsp3) is 0.190. The van der Waals surface area contributed by atoms with Crippen LogP contribution >= 0.6 is 12.2 Å². The number of anilines is 2. The Morgan fingerprint density at radius 2 is 1.90 bits per heavy atom. The fourth-order valence-electron chi connectivity index (χ4n) is 2.70. The van der Waals surface area contributed by atoms with Gasteiger partial charge in [-0.3, -0.25) is 4.68 Å². The molecule has 2 N–H and O–H groups in total. The number of nitrogens with zero attached hydrogens (tertiary/aromatic N) is 2. The van der Waals surface area contributed by atoms with E-state index in [-0.39, 0.29) is 11.8 Å². The van der Waals surface area contributed by atoms with Gasteiger partial charge in [-0.05, 0) is 56.4 Å². The normalized spacial score (nSPS) is 10.4. The molecule has 2 aromatic carbocycles. The zero-order valence-corrected chi connectivity index (χ0v) is 16.9. The number of hydrogen-bond donors (Lipinski definition) is 2. The van der Waals surface area contributed by atoms with Gasteiger partial charge in [-0.25, -0.2) is 9.18 Å². The predicted octanol–water partition coefficient (Wildman–Crippen LogP) is 4.36. The zero-order chi connectivity index (χ0) is 20.8. The number of hydrogen-bond acceptors (Lipinski definition) is 4. The number of aryl methyl sites for hydroxylation is 1. The lowest BCUT2D eigenvalue weighted by atomic mass is 10.2. The summed E-state index contributed by atoms with van der Waals surface area (Å²) in [6.07, 6.45) is 0. The van der Waals surface area contributed by atoms with E-state index in [9.17, 15) is 9.18 Å². The van der Waals surface area contributed by atoms with Crippen molar-refractivity contribution in [2.75, 3.05) is 17.2 Å². The third-order valence-corrected chi connectivity index (χ3v) is 4.36. The van der Waals surface area contributed by atoms with E-state index >= 15 is 0 Å². The van der Waals surface area contributed by atoms with E-state index in [0.717, 1.165) is 11.4 Å². The second-order valence-electron chi connectivity index (χ2n) is 6.30. The number of rotatable bonds is 6. The van der Waals surface area contributed by atoms with Crippen LogP contribution in [0.5, 0.6) is 0 Å². The Morgan fingerprint density at radius 3 is 2.59 bits per heavy atom. The van der Waals surface area contributed by atoms with Crippen LogP contribution < -0.4 is 10.6 Å². The van der Waals surface area contributed by atoms with Crippen LogP contribution in [0.15, 0.2) is 54.6 Å². The number of halogens is 1. The van der Waals surface area contributed by atoms with E-state index in [1.165, 1.54) is 6.07 Å². The van der Waals surface area contributed by atoms with Crippen molar-refractivity contribution >= 4 is 34.8 Å². The minimum Gasteiger partial charge on any atom is -0.462 e. The first-order valence-corrected chi connectivity index (χ1v) is 9.50. The van der Waals surface area contributed by atoms with E-state index in [4.69, 9.17) is 17.0 Å². The van der Waals surface area contributed by atoms with E-state index in [2.05, 4.69) is 15.7 Å². The quantitative estimate of drug-likeness (QED) is 0.463. The molecule has 8 heteroatoms. The van der Waals surface area contributed by atoms with Gasteiger partial charge in [0.05, 0.1) is 18.7 Å². The first-order valence-electron chi connectivity index (χ1n) is 9.09. The average molecular weight is 412 g/mol. The summed E-state index contributed by atoms with van der Waals surface area (Å²) in [5.74, 6) is -0.0736. The van der Waals surface area contributed by atoms with Gasteiger partial charge in [0, 0.05) is 23.0 Å². The first kappa shape index (κ1) is 20.5. The molecule has 3 aromatic rings. The number of aromatic nitrogens is 2. The Hall–Kier alpha value is -3.26. The Labute approximate surface area is 173 Å². The maximum Gasteiger partial charge on any atom is 0.338 e. The van der Waals surface area contributed by atoms with Crippen LogP contribution in [0.1, 0.15) is 28.5 Å². The minimum atomic E-state index is -0.365. The zero-order valence-electron chi connectivity index (χ0n) is 16.1. The third-order valence-electron chi connectivity index (χ3n) is 4.15. The summed E-state index contributed by atoms with van der Waals surface area (Å²) in [4.78, 5) is 11.7. The molecule has 0 bridgehead atoms. The van der Waals surface area contributed by atoms with Crippen molar-refractivity contribution in [3.63, 3.8) is 0 Å². The van der Waals surface area contributed by atoms with Gasteiger partial charge in [0.2, 0.25) is 0 Å². The molecule has 0 aliphatic carbocycles. The fourth-order valence-corrected chi connectivity index (χ4v) is 2.92. The van der Waals surface area contributed by atoms with Crippen molar-refractivity contribution < 1.29 is 13.9 Å². The van der Waals surface area contributed by atoms with E-state index < -0.39 is 0 Å². The van der Waals surface area contributed by atoms with Crippen molar-refractivity contribution in [2.45, 2.75) is 20.4 Å². The van der Waals surface area contributed by atoms with Crippen LogP contribution in [0.2, 0.25) is 0 Å². The van der Waals surface area contributed by atoms with Crippen molar-refractivity contribution in [2.24, 2.45) is 0 Å². The molecule has 150 valence electrons. The highest BCUT2D eigenvalue weighted by Crippen LogP contribution is 2.15. The molecular weight excluding hydrogens is 391 g/mol. The van der Waals surface area contributed by atoms with Gasteiger partial charge in [-0.2, -0.15) is 5.10 Å². The average Bonchev–Trinajstić information content (AvgIpc) is 3.03. The van der Waals surface area contributed by atoms with E-state index in [1.54, 1.807) is 54.1 Å². The van der Waals surface area contributed by atoms with Crippen molar-refractivity contribution in [3.05, 3.63) is 77.2 Å². The summed E-state index contributed by atoms with van der Waals surface area (Å²) in [7, 11) is 0. The summed E-state index contributed by atoms with van der Waals surface area (Å²) in [5, 5.41) is 10.8. The van der Waals surface area contributed by atoms with Crippen LogP contribution in [-0.2, 0) is 11.3 Å². The van der Waals surface area contributed by atoms with Crippen LogP contribution in [0.25, 0.3) is 0 Å². The number of ether oxygens (including phenoxy) is 1. The summed E-state index contributed by atoms with van der Waals surface area (Å²) >= 11 is 5.32. The Balaban J connectivity index is 1.61. The second kappa shape index (κ2) is 9.29. The summed E-state index contributed by atoms with van der Waals surface area (Å²) in [6.45, 7) is 4.31. The molecule has 0 amide bonds. The molecular formula is C21H21FN4O2S. The summed E-state index contributed by atoms with van der Waals surface area (Å²) < 4.78 is 20.5. The third kappa shape index (κ3) is 5.39. The van der Waals surface area contributed by atoms with Gasteiger partial charge in [0.1, 0.15) is 5.82 Å². The number of esters is 1. The monoisotopic (exact) mass is 412 g/mol. The number of carbonyl (C=O) groups excluding carboxylic acids is 1. The molecule has 29 heavy (non-hydrogen) atoms. The molecule has 0 saturated carbocycles. The van der Waals surface area contributed by atoms with Crippen molar-refractivity contribution in [1.82, 2.24) is 9.78 Å². The van der Waals surface area contributed by atoms with E-state index in [1.807, 2.05) is 13.0 Å². The number of carbonyl (C=O) groups is 1. The molecule has 0 spiro atoms. The standard InChI is InChI=1S/C21H21FN4O2S/c1-3-28-20(27)15-8-10-17(11-9-15)23-21(29)24-19-12-14(2)26(25-19)13-16-6-4-5-7-18(16)22/h4-12H,3,13H2,1-2H3,(H2,23,24,25,29). The highest BCUT2D eigenvalue weighted by Gasteiger charge is 2.10. The predicted molar refractivity (Wildman–Crippen MR) is 115 cm³/mol. The van der Waals surface area contributed by atoms with Gasteiger partial charge < -0.3 is 15.4 Å². The van der Waals surface area contributed by atoms with Gasteiger partial charge >= 0.3 is 5.97 Å². The molecule has 3 rings (SSSR count). The molecule has 1 heterocycles. The first-order chi connectivity index (χ1) is 14.0. The highest BCUT2D eigenvalue weighted by atomic mass is 32.1. The molecule has 0 aliphatic heterocycles. The van der Waals surface area contributed by atoms with Crippen LogP contribution in [-0.4, -0.2) is 27.5 Å². The Bertz CT molecular complexity index is 1020. The Morgan fingerprint density at radius 1 is 1.17 bits per heavy atom. The highest BCUT2D eigenvalue weighted by molar-refractivity contribution is 7.80. The molecule has 0 saturated heterocycles. The molecule has 0 aliphatic rings. The number of nitrogens with one attached hydrogen (secondary N) is 2. The van der Waals surface area contributed by atoms with Gasteiger partial charge in [0.25, 0.3) is 0 Å². The number of benzene rings is 2. The minimum absolute atomic E-state index is 0.264. The molecule has 1 aromatic heterocycles. The summed E-state index contributed by atoms with van der Waals surface area (Å²) in [5.41, 5.74) is 2.63. The van der Waals surface area contributed by atoms with Gasteiger partial charge in [-0.1, -0.05) is 18.2 Å². The second-order valence-corrected chi connectivity index (χ2v) is 6.71. The Kier molecular flexibility index (Phi) is 6.56. The lowest BCUT2D eigenvalue weighted by Crippen LogP contribution is -2.19. The van der Waals surface area contributed by atoms with Crippen molar-refractivity contribution in [1.29, 1.82) is 0 Å². The smallest absolute Gasteiger partial charge is 0.338 e. The maximum atomic E-state index is 13.9. The molecule has 0 atom stereocenters. The largest absolute Gasteiger partial charge is 0.462 e. The van der Waals surface area contributed by atoms with Crippen LogP contribution in [0.4, 0.5) is 15.9 Å². The lowest BCUT2D eigenvalue weighted by molar-refractivity contribution is 0.0526.